The number of carbonyl (C=O) groups is 1. The van der Waals surface area contributed by atoms with Gasteiger partial charge in [0.25, 0.3) is 5.91 Å². The Balaban J connectivity index is 1.94. The minimum atomic E-state index is -0.815. The molecule has 0 saturated carbocycles. The first-order chi connectivity index (χ1) is 11.9. The van der Waals surface area contributed by atoms with Crippen molar-refractivity contribution in [3.63, 3.8) is 0 Å². The third-order valence-electron chi connectivity index (χ3n) is 3.16. The molecule has 0 saturated heterocycles. The number of amides is 1. The van der Waals surface area contributed by atoms with Crippen molar-refractivity contribution in [3.8, 4) is 17.2 Å². The van der Waals surface area contributed by atoms with Gasteiger partial charge in [-0.15, -0.1) is 0 Å². The maximum absolute atomic E-state index is 12.0. The fraction of sp³-hybridized carbons (Fsp3) is 0.176. The Labute approximate surface area is 155 Å². The molecule has 132 valence electrons. The van der Waals surface area contributed by atoms with Crippen LogP contribution in [0.25, 0.3) is 0 Å². The maximum Gasteiger partial charge on any atom is 0.280 e. The van der Waals surface area contributed by atoms with Crippen LogP contribution in [-0.4, -0.2) is 30.4 Å². The van der Waals surface area contributed by atoms with Crippen molar-refractivity contribution in [2.24, 2.45) is 5.10 Å². The Hall–Kier alpha value is -2.44. The molecule has 0 heterocycles. The SMILES string of the molecule is COc1cc(C=NNC(=O)C(C)Oc2ccc(Cl)cc2Cl)ccc1O. The molecular formula is C17H16Cl2N2O4. The lowest BCUT2D eigenvalue weighted by Gasteiger charge is -2.14. The molecule has 2 rings (SSSR count). The molecule has 8 heteroatoms. The second kappa shape index (κ2) is 8.60. The zero-order valence-corrected chi connectivity index (χ0v) is 15.0. The van der Waals surface area contributed by atoms with E-state index in [-0.39, 0.29) is 5.75 Å². The number of rotatable bonds is 6. The van der Waals surface area contributed by atoms with Gasteiger partial charge in [0.05, 0.1) is 18.3 Å². The number of nitrogens with zero attached hydrogens (tertiary/aromatic N) is 1. The van der Waals surface area contributed by atoms with Crippen molar-refractivity contribution >= 4 is 35.3 Å². The van der Waals surface area contributed by atoms with E-state index in [4.69, 9.17) is 32.7 Å². The molecule has 0 aliphatic rings. The van der Waals surface area contributed by atoms with E-state index in [1.165, 1.54) is 25.5 Å². The smallest absolute Gasteiger partial charge is 0.280 e. The van der Waals surface area contributed by atoms with Crippen LogP contribution in [0.2, 0.25) is 10.0 Å². The highest BCUT2D eigenvalue weighted by Gasteiger charge is 2.15. The van der Waals surface area contributed by atoms with Crippen LogP contribution < -0.4 is 14.9 Å². The largest absolute Gasteiger partial charge is 0.504 e. The maximum atomic E-state index is 12.0. The zero-order valence-electron chi connectivity index (χ0n) is 13.5. The number of methoxy groups -OCH3 is 1. The second-order valence-corrected chi connectivity index (χ2v) is 5.84. The van der Waals surface area contributed by atoms with Gasteiger partial charge in [0.1, 0.15) is 5.75 Å². The monoisotopic (exact) mass is 382 g/mol. The van der Waals surface area contributed by atoms with E-state index in [1.54, 1.807) is 31.2 Å². The number of nitrogens with one attached hydrogen (secondary N) is 1. The van der Waals surface area contributed by atoms with E-state index in [0.717, 1.165) is 0 Å². The van der Waals surface area contributed by atoms with Crippen molar-refractivity contribution < 1.29 is 19.4 Å². The molecule has 0 aromatic heterocycles. The third kappa shape index (κ3) is 5.27. The minimum absolute atomic E-state index is 0.0190. The van der Waals surface area contributed by atoms with E-state index in [2.05, 4.69) is 10.5 Å². The Morgan fingerprint density at radius 3 is 2.68 bits per heavy atom. The highest BCUT2D eigenvalue weighted by molar-refractivity contribution is 6.35. The lowest BCUT2D eigenvalue weighted by molar-refractivity contribution is -0.127. The molecule has 0 aliphatic carbocycles. The van der Waals surface area contributed by atoms with E-state index in [9.17, 15) is 9.90 Å². The molecule has 0 aliphatic heterocycles. The minimum Gasteiger partial charge on any atom is -0.504 e. The van der Waals surface area contributed by atoms with Crippen molar-refractivity contribution in [2.75, 3.05) is 7.11 Å². The summed E-state index contributed by atoms with van der Waals surface area (Å²) in [6, 6.07) is 9.40. The molecular weight excluding hydrogens is 367 g/mol. The van der Waals surface area contributed by atoms with E-state index in [1.807, 2.05) is 0 Å². The van der Waals surface area contributed by atoms with Crippen LogP contribution in [0.1, 0.15) is 12.5 Å². The first-order valence-corrected chi connectivity index (χ1v) is 7.98. The number of hydrogen-bond acceptors (Lipinski definition) is 5. The number of hydrazone groups is 1. The quantitative estimate of drug-likeness (QED) is 0.590. The van der Waals surface area contributed by atoms with E-state index < -0.39 is 12.0 Å². The molecule has 1 amide bonds. The summed E-state index contributed by atoms with van der Waals surface area (Å²) in [6.45, 7) is 1.57. The average molecular weight is 383 g/mol. The lowest BCUT2D eigenvalue weighted by atomic mass is 10.2. The molecule has 0 radical (unpaired) electrons. The fourth-order valence-corrected chi connectivity index (χ4v) is 2.30. The Morgan fingerprint density at radius 2 is 2.00 bits per heavy atom. The predicted molar refractivity (Wildman–Crippen MR) is 96.9 cm³/mol. The van der Waals surface area contributed by atoms with Crippen LogP contribution >= 0.6 is 23.2 Å². The fourth-order valence-electron chi connectivity index (χ4n) is 1.85. The van der Waals surface area contributed by atoms with Crippen LogP contribution in [0.4, 0.5) is 0 Å². The number of benzene rings is 2. The van der Waals surface area contributed by atoms with E-state index in [0.29, 0.717) is 27.1 Å². The van der Waals surface area contributed by atoms with Crippen LogP contribution in [0.3, 0.4) is 0 Å². The summed E-state index contributed by atoms with van der Waals surface area (Å²) in [5.74, 6) is 0.226. The lowest BCUT2D eigenvalue weighted by Crippen LogP contribution is -2.33. The standard InChI is InChI=1S/C17H16Cl2N2O4/c1-10(25-15-6-4-12(18)8-13(15)19)17(23)21-20-9-11-3-5-14(22)16(7-11)24-2/h3-10,22H,1-2H3,(H,21,23). The van der Waals surface area contributed by atoms with Gasteiger partial charge < -0.3 is 14.6 Å². The number of aromatic hydroxyl groups is 1. The van der Waals surface area contributed by atoms with Gasteiger partial charge in [0.2, 0.25) is 0 Å². The molecule has 2 aromatic rings. The third-order valence-corrected chi connectivity index (χ3v) is 3.69. The normalized spacial score (nSPS) is 12.0. The van der Waals surface area contributed by atoms with Crippen LogP contribution in [-0.2, 0) is 4.79 Å². The summed E-state index contributed by atoms with van der Waals surface area (Å²) >= 11 is 11.8. The molecule has 2 aromatic carbocycles. The Morgan fingerprint density at radius 1 is 1.24 bits per heavy atom. The Kier molecular flexibility index (Phi) is 6.50. The summed E-state index contributed by atoms with van der Waals surface area (Å²) in [6.07, 6.45) is 0.604. The van der Waals surface area contributed by atoms with Gasteiger partial charge in [-0.05, 0) is 48.9 Å². The zero-order chi connectivity index (χ0) is 18.4. The van der Waals surface area contributed by atoms with Crippen molar-refractivity contribution in [2.45, 2.75) is 13.0 Å². The predicted octanol–water partition coefficient (Wildman–Crippen LogP) is 3.63. The number of carbonyl (C=O) groups excluding carboxylic acids is 1. The highest BCUT2D eigenvalue weighted by atomic mass is 35.5. The van der Waals surface area contributed by atoms with Crippen molar-refractivity contribution in [3.05, 3.63) is 52.0 Å². The molecule has 0 spiro atoms. The molecule has 0 fully saturated rings. The summed E-state index contributed by atoms with van der Waals surface area (Å²) < 4.78 is 10.5. The van der Waals surface area contributed by atoms with Crippen LogP contribution in [0, 0.1) is 0 Å². The molecule has 0 bridgehead atoms. The Bertz CT molecular complexity index is 796. The van der Waals surface area contributed by atoms with Gasteiger partial charge >= 0.3 is 0 Å². The number of halogens is 2. The van der Waals surface area contributed by atoms with Gasteiger partial charge in [0.15, 0.2) is 17.6 Å². The van der Waals surface area contributed by atoms with Gasteiger partial charge in [-0.3, -0.25) is 4.79 Å². The summed E-state index contributed by atoms with van der Waals surface area (Å²) in [5.41, 5.74) is 3.01. The summed E-state index contributed by atoms with van der Waals surface area (Å²) in [7, 11) is 1.44. The van der Waals surface area contributed by atoms with Gasteiger partial charge in [0, 0.05) is 5.02 Å². The number of phenols is 1. The highest BCUT2D eigenvalue weighted by Crippen LogP contribution is 2.28. The summed E-state index contributed by atoms with van der Waals surface area (Å²) in [4.78, 5) is 12.0. The van der Waals surface area contributed by atoms with Gasteiger partial charge in [-0.1, -0.05) is 23.2 Å². The summed E-state index contributed by atoms with van der Waals surface area (Å²) in [5, 5.41) is 14.2. The van der Waals surface area contributed by atoms with Crippen LogP contribution in [0.5, 0.6) is 17.2 Å². The molecule has 6 nitrogen and oxygen atoms in total. The van der Waals surface area contributed by atoms with Crippen molar-refractivity contribution in [1.29, 1.82) is 0 Å². The number of phenolic OH excluding ortho intramolecular Hbond substituents is 1. The molecule has 1 unspecified atom stereocenters. The van der Waals surface area contributed by atoms with Crippen LogP contribution in [0.15, 0.2) is 41.5 Å². The molecule has 1 atom stereocenters. The average Bonchev–Trinajstić information content (AvgIpc) is 2.58. The molecule has 25 heavy (non-hydrogen) atoms. The molecule has 2 N–H and O–H groups in total. The topological polar surface area (TPSA) is 80.2 Å². The number of hydrogen-bond donors (Lipinski definition) is 2. The van der Waals surface area contributed by atoms with Crippen molar-refractivity contribution in [1.82, 2.24) is 5.43 Å². The van der Waals surface area contributed by atoms with Gasteiger partial charge in [-0.25, -0.2) is 5.43 Å². The van der Waals surface area contributed by atoms with Gasteiger partial charge in [-0.2, -0.15) is 5.10 Å². The number of ether oxygens (including phenoxy) is 2. The second-order valence-electron chi connectivity index (χ2n) is 5.00. The first kappa shape index (κ1) is 18.9. The van der Waals surface area contributed by atoms with E-state index >= 15 is 0 Å². The first-order valence-electron chi connectivity index (χ1n) is 7.22.